The maximum atomic E-state index is 8.68. The summed E-state index contributed by atoms with van der Waals surface area (Å²) in [7, 11) is 0. The van der Waals surface area contributed by atoms with E-state index < -0.39 is 0 Å². The minimum atomic E-state index is 0.331. The quantitative estimate of drug-likeness (QED) is 0.607. The normalized spacial score (nSPS) is 14.8. The van der Waals surface area contributed by atoms with Crippen molar-refractivity contribution in [2.24, 2.45) is 5.92 Å². The molecule has 0 amide bonds. The molecule has 0 aromatic rings. The predicted octanol–water partition coefficient (Wildman–Crippen LogP) is 3.14. The summed E-state index contributed by atoms with van der Waals surface area (Å²) in [5.41, 5.74) is 1.48. The number of hydrogen-bond donors (Lipinski definition) is 1. The zero-order valence-electron chi connectivity index (χ0n) is 8.64. The van der Waals surface area contributed by atoms with Crippen molar-refractivity contribution < 1.29 is 5.11 Å². The number of hydrogen-bond acceptors (Lipinski definition) is 1. The van der Waals surface area contributed by atoms with Crippen LogP contribution in [0.15, 0.2) is 11.6 Å². The Hall–Kier alpha value is -0.300. The fraction of sp³-hybridized carbons (Fsp3) is 0.818. The predicted molar refractivity (Wildman–Crippen MR) is 54.1 cm³/mol. The monoisotopic (exact) mass is 170 g/mol. The minimum Gasteiger partial charge on any atom is -0.396 e. The highest BCUT2D eigenvalue weighted by Gasteiger charge is 1.98. The van der Waals surface area contributed by atoms with Crippen molar-refractivity contribution in [1.29, 1.82) is 0 Å². The lowest BCUT2D eigenvalue weighted by atomic mass is 10.0. The Bertz CT molecular complexity index is 127. The van der Waals surface area contributed by atoms with Gasteiger partial charge in [-0.15, -0.1) is 0 Å². The van der Waals surface area contributed by atoms with E-state index in [0.717, 1.165) is 12.8 Å². The molecule has 0 aliphatic heterocycles. The zero-order valence-corrected chi connectivity index (χ0v) is 8.64. The first-order chi connectivity index (χ1) is 5.70. The molecule has 0 aliphatic carbocycles. The summed E-state index contributed by atoms with van der Waals surface area (Å²) < 4.78 is 0. The highest BCUT2D eigenvalue weighted by atomic mass is 16.2. The molecule has 0 saturated carbocycles. The van der Waals surface area contributed by atoms with Gasteiger partial charge in [0.05, 0.1) is 0 Å². The Morgan fingerprint density at radius 1 is 1.42 bits per heavy atom. The summed E-state index contributed by atoms with van der Waals surface area (Å²) in [6.45, 7) is 6.89. The second kappa shape index (κ2) is 7.35. The third-order valence-electron chi connectivity index (χ3n) is 2.33. The first-order valence-electron chi connectivity index (χ1n) is 4.97. The standard InChI is InChI=1S/C11H22O/c1-4-10(2)6-5-7-11(3)8-9-12/h6,11-12H,4-5,7-9H2,1-3H3/b10-6-/t11-/m1/s1. The summed E-state index contributed by atoms with van der Waals surface area (Å²) in [5, 5.41) is 8.68. The number of rotatable bonds is 6. The second-order valence-corrected chi connectivity index (χ2v) is 3.60. The molecule has 1 heteroatoms. The number of aliphatic hydroxyl groups is 1. The van der Waals surface area contributed by atoms with Gasteiger partial charge in [-0.1, -0.05) is 25.5 Å². The minimum absolute atomic E-state index is 0.331. The molecule has 0 fully saturated rings. The molecular weight excluding hydrogens is 148 g/mol. The fourth-order valence-electron chi connectivity index (χ4n) is 1.12. The highest BCUT2D eigenvalue weighted by molar-refractivity contribution is 4.96. The first-order valence-corrected chi connectivity index (χ1v) is 4.97. The Morgan fingerprint density at radius 3 is 2.58 bits per heavy atom. The molecule has 0 bridgehead atoms. The first kappa shape index (κ1) is 11.7. The molecule has 0 aromatic heterocycles. The van der Waals surface area contributed by atoms with Gasteiger partial charge >= 0.3 is 0 Å². The van der Waals surface area contributed by atoms with E-state index in [9.17, 15) is 0 Å². The van der Waals surface area contributed by atoms with E-state index in [1.54, 1.807) is 0 Å². The van der Waals surface area contributed by atoms with Crippen LogP contribution in [-0.4, -0.2) is 11.7 Å². The number of aliphatic hydroxyl groups excluding tert-OH is 1. The van der Waals surface area contributed by atoms with Crippen LogP contribution < -0.4 is 0 Å². The van der Waals surface area contributed by atoms with Crippen LogP contribution >= 0.6 is 0 Å². The summed E-state index contributed by atoms with van der Waals surface area (Å²) >= 11 is 0. The van der Waals surface area contributed by atoms with Crippen molar-refractivity contribution in [1.82, 2.24) is 0 Å². The van der Waals surface area contributed by atoms with E-state index in [1.165, 1.54) is 18.4 Å². The van der Waals surface area contributed by atoms with Crippen molar-refractivity contribution in [3.63, 3.8) is 0 Å². The Balaban J connectivity index is 3.41. The van der Waals surface area contributed by atoms with Crippen LogP contribution in [-0.2, 0) is 0 Å². The maximum Gasteiger partial charge on any atom is 0.0433 e. The lowest BCUT2D eigenvalue weighted by Crippen LogP contribution is -1.96. The Morgan fingerprint density at radius 2 is 2.08 bits per heavy atom. The van der Waals surface area contributed by atoms with Crippen LogP contribution in [0.3, 0.4) is 0 Å². The fourth-order valence-corrected chi connectivity index (χ4v) is 1.12. The van der Waals surface area contributed by atoms with Crippen molar-refractivity contribution in [3.05, 3.63) is 11.6 Å². The van der Waals surface area contributed by atoms with Crippen LogP contribution in [0.2, 0.25) is 0 Å². The molecule has 0 aromatic carbocycles. The van der Waals surface area contributed by atoms with Gasteiger partial charge in [0, 0.05) is 6.61 Å². The van der Waals surface area contributed by atoms with E-state index in [0.29, 0.717) is 12.5 Å². The molecule has 0 heterocycles. The molecule has 1 atom stereocenters. The second-order valence-electron chi connectivity index (χ2n) is 3.60. The average Bonchev–Trinajstić information content (AvgIpc) is 2.04. The van der Waals surface area contributed by atoms with Gasteiger partial charge in [-0.05, 0) is 38.5 Å². The van der Waals surface area contributed by atoms with Crippen molar-refractivity contribution in [3.8, 4) is 0 Å². The molecule has 0 aliphatic rings. The molecular formula is C11H22O. The molecule has 0 saturated heterocycles. The van der Waals surface area contributed by atoms with Crippen molar-refractivity contribution in [2.75, 3.05) is 6.61 Å². The van der Waals surface area contributed by atoms with E-state index in [4.69, 9.17) is 5.11 Å². The SMILES string of the molecule is CC/C(C)=C\CC[C@@H](C)CCO. The molecule has 1 nitrogen and oxygen atoms in total. The Kier molecular flexibility index (Phi) is 7.17. The van der Waals surface area contributed by atoms with Crippen LogP contribution in [0.1, 0.15) is 46.5 Å². The van der Waals surface area contributed by atoms with Gasteiger partial charge in [-0.2, -0.15) is 0 Å². The molecule has 12 heavy (non-hydrogen) atoms. The van der Waals surface area contributed by atoms with E-state index in [1.807, 2.05) is 0 Å². The maximum absolute atomic E-state index is 8.68. The third-order valence-corrected chi connectivity index (χ3v) is 2.33. The summed E-state index contributed by atoms with van der Waals surface area (Å²) in [5.74, 6) is 0.663. The van der Waals surface area contributed by atoms with Gasteiger partial charge in [-0.3, -0.25) is 0 Å². The van der Waals surface area contributed by atoms with Crippen molar-refractivity contribution in [2.45, 2.75) is 46.5 Å². The molecule has 0 radical (unpaired) electrons. The van der Waals surface area contributed by atoms with Crippen molar-refractivity contribution >= 4 is 0 Å². The van der Waals surface area contributed by atoms with Gasteiger partial charge in [-0.25, -0.2) is 0 Å². The van der Waals surface area contributed by atoms with Gasteiger partial charge in [0.1, 0.15) is 0 Å². The molecule has 0 rings (SSSR count). The van der Waals surface area contributed by atoms with Crippen LogP contribution in [0.5, 0.6) is 0 Å². The highest BCUT2D eigenvalue weighted by Crippen LogP contribution is 2.11. The van der Waals surface area contributed by atoms with E-state index in [2.05, 4.69) is 26.8 Å². The van der Waals surface area contributed by atoms with Gasteiger partial charge < -0.3 is 5.11 Å². The zero-order chi connectivity index (χ0) is 9.40. The summed E-state index contributed by atoms with van der Waals surface area (Å²) in [4.78, 5) is 0. The Labute approximate surface area is 76.5 Å². The van der Waals surface area contributed by atoms with Gasteiger partial charge in [0.15, 0.2) is 0 Å². The largest absolute Gasteiger partial charge is 0.396 e. The van der Waals surface area contributed by atoms with Crippen LogP contribution in [0, 0.1) is 5.92 Å². The lowest BCUT2D eigenvalue weighted by molar-refractivity contribution is 0.259. The molecule has 0 spiro atoms. The van der Waals surface area contributed by atoms with E-state index in [-0.39, 0.29) is 0 Å². The summed E-state index contributed by atoms with van der Waals surface area (Å²) in [6, 6.07) is 0. The third kappa shape index (κ3) is 6.41. The average molecular weight is 170 g/mol. The van der Waals surface area contributed by atoms with Gasteiger partial charge in [0.25, 0.3) is 0 Å². The topological polar surface area (TPSA) is 20.2 Å². The molecule has 0 unspecified atom stereocenters. The summed E-state index contributed by atoms with van der Waals surface area (Å²) in [6.07, 6.45) is 6.79. The molecule has 1 N–H and O–H groups in total. The lowest BCUT2D eigenvalue weighted by Gasteiger charge is -2.06. The molecule has 72 valence electrons. The van der Waals surface area contributed by atoms with Gasteiger partial charge in [0.2, 0.25) is 0 Å². The van der Waals surface area contributed by atoms with Crippen LogP contribution in [0.4, 0.5) is 0 Å². The smallest absolute Gasteiger partial charge is 0.0433 e. The number of allylic oxidation sites excluding steroid dienone is 2. The van der Waals surface area contributed by atoms with E-state index >= 15 is 0 Å². The van der Waals surface area contributed by atoms with Crippen LogP contribution in [0.25, 0.3) is 0 Å².